The molecule has 1 N–H and O–H groups in total. The average molecular weight is 324 g/mol. The summed E-state index contributed by atoms with van der Waals surface area (Å²) in [5, 5.41) is 13.7. The minimum atomic E-state index is -0.440. The molecule has 0 unspecified atom stereocenters. The van der Waals surface area contributed by atoms with E-state index in [1.165, 1.54) is 24.1 Å². The number of nitro groups is 1. The van der Waals surface area contributed by atoms with Gasteiger partial charge in [0, 0.05) is 24.1 Å². The third-order valence-corrected chi connectivity index (χ3v) is 4.83. The Labute approximate surface area is 140 Å². The molecule has 2 aromatic rings. The fraction of sp³-hybridized carbons (Fsp3) is 0.316. The van der Waals surface area contributed by atoms with Gasteiger partial charge in [0.25, 0.3) is 5.69 Å². The number of rotatable bonds is 6. The van der Waals surface area contributed by atoms with Crippen molar-refractivity contribution in [2.75, 3.05) is 6.54 Å². The van der Waals surface area contributed by atoms with E-state index in [1.54, 1.807) is 12.1 Å². The molecule has 1 aliphatic rings. The summed E-state index contributed by atoms with van der Waals surface area (Å²) in [6, 6.07) is 16.5. The number of carbonyl (C=O) groups is 1. The molecule has 0 aromatic heterocycles. The van der Waals surface area contributed by atoms with E-state index in [2.05, 4.69) is 17.4 Å². The van der Waals surface area contributed by atoms with Crippen molar-refractivity contribution in [2.45, 2.75) is 31.1 Å². The lowest BCUT2D eigenvalue weighted by Crippen LogP contribution is -2.45. The Bertz CT molecular complexity index is 722. The Hall–Kier alpha value is -2.69. The fourth-order valence-electron chi connectivity index (χ4n) is 3.21. The van der Waals surface area contributed by atoms with Crippen molar-refractivity contribution in [3.63, 3.8) is 0 Å². The number of carbonyl (C=O) groups excluding carboxylic acids is 1. The third kappa shape index (κ3) is 3.45. The van der Waals surface area contributed by atoms with Crippen LogP contribution in [0.2, 0.25) is 0 Å². The Balaban J connectivity index is 1.58. The van der Waals surface area contributed by atoms with Crippen LogP contribution in [0.5, 0.6) is 0 Å². The van der Waals surface area contributed by atoms with Crippen LogP contribution in [0.25, 0.3) is 0 Å². The molecule has 0 atom stereocenters. The number of nitrogens with zero attached hydrogens (tertiary/aromatic N) is 1. The van der Waals surface area contributed by atoms with Crippen LogP contribution in [0, 0.1) is 10.1 Å². The maximum absolute atomic E-state index is 12.2. The largest absolute Gasteiger partial charge is 0.355 e. The number of nitrogens with one attached hydrogen (secondary N) is 1. The Kier molecular flexibility index (Phi) is 4.60. The van der Waals surface area contributed by atoms with E-state index in [1.807, 2.05) is 18.2 Å². The van der Waals surface area contributed by atoms with Crippen molar-refractivity contribution in [1.29, 1.82) is 0 Å². The van der Waals surface area contributed by atoms with Crippen LogP contribution in [0.4, 0.5) is 5.69 Å². The molecule has 0 bridgehead atoms. The highest BCUT2D eigenvalue weighted by Crippen LogP contribution is 2.43. The van der Waals surface area contributed by atoms with Gasteiger partial charge in [-0.25, -0.2) is 0 Å². The molecule has 124 valence electrons. The first-order valence-electron chi connectivity index (χ1n) is 8.15. The molecule has 0 heterocycles. The van der Waals surface area contributed by atoms with Crippen LogP contribution in [0.1, 0.15) is 30.4 Å². The van der Waals surface area contributed by atoms with Gasteiger partial charge in [-0.2, -0.15) is 0 Å². The van der Waals surface area contributed by atoms with Gasteiger partial charge in [0.15, 0.2) is 0 Å². The molecule has 1 amide bonds. The lowest BCUT2D eigenvalue weighted by molar-refractivity contribution is -0.384. The molecular weight excluding hydrogens is 304 g/mol. The summed E-state index contributed by atoms with van der Waals surface area (Å²) in [5.74, 6) is -0.0499. The quantitative estimate of drug-likeness (QED) is 0.654. The standard InChI is InChI=1S/C19H20N2O3/c22-18(13-15-7-9-17(10-8-15)21(23)24)20-14-19(11-4-12-19)16-5-2-1-3-6-16/h1-3,5-10H,4,11-14H2,(H,20,22). The lowest BCUT2D eigenvalue weighted by Gasteiger charge is -2.42. The predicted molar refractivity (Wildman–Crippen MR) is 91.8 cm³/mol. The summed E-state index contributed by atoms with van der Waals surface area (Å²) in [6.45, 7) is 0.642. The number of hydrogen-bond donors (Lipinski definition) is 1. The molecule has 0 saturated heterocycles. The number of benzene rings is 2. The molecule has 24 heavy (non-hydrogen) atoms. The van der Waals surface area contributed by atoms with Crippen LogP contribution in [0.15, 0.2) is 54.6 Å². The van der Waals surface area contributed by atoms with Crippen molar-refractivity contribution in [3.05, 3.63) is 75.8 Å². The van der Waals surface area contributed by atoms with Gasteiger partial charge in [0.1, 0.15) is 0 Å². The Morgan fingerprint density at radius 2 is 1.75 bits per heavy atom. The summed E-state index contributed by atoms with van der Waals surface area (Å²) in [4.78, 5) is 22.4. The molecule has 0 aliphatic heterocycles. The summed E-state index contributed by atoms with van der Waals surface area (Å²) in [6.07, 6.45) is 3.61. The van der Waals surface area contributed by atoms with Crippen LogP contribution in [-0.4, -0.2) is 17.4 Å². The lowest BCUT2D eigenvalue weighted by atomic mass is 9.64. The molecule has 3 rings (SSSR count). The van der Waals surface area contributed by atoms with Crippen LogP contribution < -0.4 is 5.32 Å². The smallest absolute Gasteiger partial charge is 0.269 e. The van der Waals surface area contributed by atoms with Gasteiger partial charge in [-0.15, -0.1) is 0 Å². The van der Waals surface area contributed by atoms with Crippen molar-refractivity contribution >= 4 is 11.6 Å². The molecule has 0 spiro atoms. The van der Waals surface area contributed by atoms with Gasteiger partial charge in [0.2, 0.25) is 5.91 Å². The maximum atomic E-state index is 12.2. The Morgan fingerprint density at radius 1 is 1.08 bits per heavy atom. The zero-order valence-electron chi connectivity index (χ0n) is 13.4. The maximum Gasteiger partial charge on any atom is 0.269 e. The third-order valence-electron chi connectivity index (χ3n) is 4.83. The summed E-state index contributed by atoms with van der Waals surface area (Å²) in [5.41, 5.74) is 2.16. The number of nitro benzene ring substituents is 1. The first-order valence-corrected chi connectivity index (χ1v) is 8.15. The van der Waals surface area contributed by atoms with E-state index in [4.69, 9.17) is 0 Å². The Morgan fingerprint density at radius 3 is 2.29 bits per heavy atom. The highest BCUT2D eigenvalue weighted by Gasteiger charge is 2.38. The van der Waals surface area contributed by atoms with Gasteiger partial charge in [-0.1, -0.05) is 48.9 Å². The molecular formula is C19H20N2O3. The highest BCUT2D eigenvalue weighted by molar-refractivity contribution is 5.78. The summed E-state index contributed by atoms with van der Waals surface area (Å²) in [7, 11) is 0. The van der Waals surface area contributed by atoms with Crippen molar-refractivity contribution in [1.82, 2.24) is 5.32 Å². The minimum absolute atomic E-state index is 0.0386. The van der Waals surface area contributed by atoms with Gasteiger partial charge in [-0.3, -0.25) is 14.9 Å². The predicted octanol–water partition coefficient (Wildman–Crippen LogP) is 3.38. The summed E-state index contributed by atoms with van der Waals surface area (Å²) < 4.78 is 0. The monoisotopic (exact) mass is 324 g/mol. The first-order chi connectivity index (χ1) is 11.6. The summed E-state index contributed by atoms with van der Waals surface area (Å²) >= 11 is 0. The van der Waals surface area contributed by atoms with E-state index in [9.17, 15) is 14.9 Å². The topological polar surface area (TPSA) is 72.2 Å². The minimum Gasteiger partial charge on any atom is -0.355 e. The molecule has 1 aliphatic carbocycles. The van der Waals surface area contributed by atoms with Gasteiger partial charge in [-0.05, 0) is 24.0 Å². The molecule has 5 nitrogen and oxygen atoms in total. The van der Waals surface area contributed by atoms with E-state index in [-0.39, 0.29) is 23.4 Å². The molecule has 2 aromatic carbocycles. The first kappa shape index (κ1) is 16.2. The SMILES string of the molecule is O=C(Cc1ccc([N+](=O)[O-])cc1)NCC1(c2ccccc2)CCC1. The van der Waals surface area contributed by atoms with Crippen LogP contribution in [-0.2, 0) is 16.6 Å². The van der Waals surface area contributed by atoms with Crippen molar-refractivity contribution in [3.8, 4) is 0 Å². The number of hydrogen-bond acceptors (Lipinski definition) is 3. The highest BCUT2D eigenvalue weighted by atomic mass is 16.6. The number of amides is 1. The van der Waals surface area contributed by atoms with Crippen molar-refractivity contribution < 1.29 is 9.72 Å². The normalized spacial score (nSPS) is 15.3. The van der Waals surface area contributed by atoms with Crippen molar-refractivity contribution in [2.24, 2.45) is 0 Å². The van der Waals surface area contributed by atoms with Gasteiger partial charge in [0.05, 0.1) is 11.3 Å². The molecule has 0 radical (unpaired) electrons. The molecule has 5 heteroatoms. The van der Waals surface area contributed by atoms with Crippen LogP contribution in [0.3, 0.4) is 0 Å². The zero-order chi connectivity index (χ0) is 17.0. The van der Waals surface area contributed by atoms with Crippen LogP contribution >= 0.6 is 0 Å². The zero-order valence-corrected chi connectivity index (χ0v) is 13.4. The van der Waals surface area contributed by atoms with E-state index >= 15 is 0 Å². The molecule has 1 fully saturated rings. The van der Waals surface area contributed by atoms with Gasteiger partial charge < -0.3 is 5.32 Å². The fourth-order valence-corrected chi connectivity index (χ4v) is 3.21. The second-order valence-electron chi connectivity index (χ2n) is 6.38. The van der Waals surface area contributed by atoms with E-state index in [0.29, 0.717) is 6.54 Å². The second kappa shape index (κ2) is 6.83. The second-order valence-corrected chi connectivity index (χ2v) is 6.38. The van der Waals surface area contributed by atoms with E-state index in [0.717, 1.165) is 18.4 Å². The molecule has 1 saturated carbocycles. The average Bonchev–Trinajstić information content (AvgIpc) is 2.55. The van der Waals surface area contributed by atoms with E-state index < -0.39 is 4.92 Å². The van der Waals surface area contributed by atoms with Gasteiger partial charge >= 0.3 is 0 Å². The number of non-ortho nitro benzene ring substituents is 1.